The Hall–Kier alpha value is -3.84. The van der Waals surface area contributed by atoms with Gasteiger partial charge in [-0.1, -0.05) is 60.7 Å². The highest BCUT2D eigenvalue weighted by Gasteiger charge is 2.77. The van der Waals surface area contributed by atoms with Crippen molar-refractivity contribution >= 4 is 23.8 Å². The number of esters is 2. The van der Waals surface area contributed by atoms with Gasteiger partial charge in [0, 0.05) is 51.5 Å². The maximum absolute atomic E-state index is 13.1. The van der Waals surface area contributed by atoms with Crippen molar-refractivity contribution in [1.29, 1.82) is 0 Å². The summed E-state index contributed by atoms with van der Waals surface area (Å²) in [5, 5.41) is 11.9. The van der Waals surface area contributed by atoms with Crippen molar-refractivity contribution in [3.63, 3.8) is 0 Å². The largest absolute Gasteiger partial charge is 0.459 e. The molecule has 2 saturated carbocycles. The molecule has 270 valence electrons. The van der Waals surface area contributed by atoms with Gasteiger partial charge in [0.05, 0.1) is 20.8 Å². The number of methoxy groups -OCH3 is 1. The van der Waals surface area contributed by atoms with Crippen LogP contribution in [0.15, 0.2) is 60.7 Å². The fourth-order valence-corrected chi connectivity index (χ4v) is 6.61. The molecule has 2 aliphatic carbocycles. The second kappa shape index (κ2) is 15.4. The fourth-order valence-electron chi connectivity index (χ4n) is 6.61. The lowest BCUT2D eigenvalue weighted by Gasteiger charge is -2.27. The van der Waals surface area contributed by atoms with E-state index in [-0.39, 0.29) is 25.0 Å². The zero-order chi connectivity index (χ0) is 36.9. The SMILES string of the molecule is COCC1C(c2ccccc2)C1(C(=O)OC(C)(C)C)C(=O)N(C)OC.CON(C)C(=O)C1(C(=O)OC(C)(C)C)C(CO)C1c1ccccc1. The van der Waals surface area contributed by atoms with Gasteiger partial charge in [-0.15, -0.1) is 0 Å². The molecule has 0 radical (unpaired) electrons. The summed E-state index contributed by atoms with van der Waals surface area (Å²) in [4.78, 5) is 62.1. The third-order valence-corrected chi connectivity index (χ3v) is 8.90. The van der Waals surface area contributed by atoms with Gasteiger partial charge in [-0.25, -0.2) is 10.1 Å². The molecule has 2 aliphatic rings. The van der Waals surface area contributed by atoms with Gasteiger partial charge in [0.1, 0.15) is 11.2 Å². The van der Waals surface area contributed by atoms with E-state index in [0.29, 0.717) is 0 Å². The number of aliphatic hydroxyl groups excluding tert-OH is 1. The summed E-state index contributed by atoms with van der Waals surface area (Å²) < 4.78 is 16.4. The first-order chi connectivity index (χ1) is 22.9. The van der Waals surface area contributed by atoms with E-state index in [0.717, 1.165) is 21.3 Å². The molecule has 0 bridgehead atoms. The summed E-state index contributed by atoms with van der Waals surface area (Å²) in [5.41, 5.74) is -2.51. The second-order valence-corrected chi connectivity index (χ2v) is 14.3. The predicted octanol–water partition coefficient (Wildman–Crippen LogP) is 4.13. The van der Waals surface area contributed by atoms with Crippen LogP contribution in [0.2, 0.25) is 0 Å². The Morgan fingerprint density at radius 3 is 1.31 bits per heavy atom. The maximum Gasteiger partial charge on any atom is 0.323 e. The number of nitrogens with zero attached hydrogens (tertiary/aromatic N) is 2. The molecule has 1 N–H and O–H groups in total. The van der Waals surface area contributed by atoms with E-state index in [1.165, 1.54) is 28.3 Å². The molecule has 2 aromatic rings. The smallest absolute Gasteiger partial charge is 0.323 e. The maximum atomic E-state index is 13.1. The van der Waals surface area contributed by atoms with Crippen LogP contribution in [-0.4, -0.2) is 98.8 Å². The predicted molar refractivity (Wildman–Crippen MR) is 180 cm³/mol. The average Bonchev–Trinajstić information content (AvgIpc) is 3.93. The summed E-state index contributed by atoms with van der Waals surface area (Å²) in [5.74, 6) is -3.69. The van der Waals surface area contributed by atoms with Crippen LogP contribution in [0.4, 0.5) is 0 Å². The molecule has 0 heterocycles. The molecule has 0 saturated heterocycles. The highest BCUT2D eigenvalue weighted by atomic mass is 16.7. The number of hydroxylamine groups is 4. The van der Waals surface area contributed by atoms with E-state index < -0.39 is 57.6 Å². The van der Waals surface area contributed by atoms with Gasteiger partial charge < -0.3 is 19.3 Å². The van der Waals surface area contributed by atoms with Crippen molar-refractivity contribution in [2.24, 2.45) is 22.7 Å². The first-order valence-corrected chi connectivity index (χ1v) is 16.2. The zero-order valence-corrected chi connectivity index (χ0v) is 30.5. The normalized spacial score (nSPS) is 25.6. The molecule has 4 rings (SSSR count). The number of carbonyl (C=O) groups excluding carboxylic acids is 4. The van der Waals surface area contributed by atoms with E-state index in [2.05, 4.69) is 0 Å². The number of hydrogen-bond acceptors (Lipinski definition) is 10. The number of hydrogen-bond donors (Lipinski definition) is 1. The Bertz CT molecular complexity index is 1460. The summed E-state index contributed by atoms with van der Waals surface area (Å²) in [6, 6.07) is 18.7. The molecule has 12 nitrogen and oxygen atoms in total. The summed E-state index contributed by atoms with van der Waals surface area (Å²) in [6.07, 6.45) is 0. The molecule has 6 atom stereocenters. The first-order valence-electron chi connectivity index (χ1n) is 16.2. The fraction of sp³-hybridized carbons (Fsp3) is 0.568. The Balaban J connectivity index is 0.000000266. The summed E-state index contributed by atoms with van der Waals surface area (Å²) >= 11 is 0. The highest BCUT2D eigenvalue weighted by molar-refractivity contribution is 6.09. The molecule has 2 aromatic carbocycles. The Kier molecular flexibility index (Phi) is 12.4. The van der Waals surface area contributed by atoms with Gasteiger partial charge >= 0.3 is 11.9 Å². The topological polar surface area (TPSA) is 141 Å². The van der Waals surface area contributed by atoms with Gasteiger partial charge in [0.2, 0.25) is 0 Å². The molecular formula is C37H52N2O10. The van der Waals surface area contributed by atoms with Crippen molar-refractivity contribution in [3.05, 3.63) is 71.8 Å². The van der Waals surface area contributed by atoms with E-state index >= 15 is 0 Å². The minimum atomic E-state index is -1.46. The quantitative estimate of drug-likeness (QED) is 0.209. The monoisotopic (exact) mass is 684 g/mol. The molecule has 0 aliphatic heterocycles. The van der Waals surface area contributed by atoms with Crippen LogP contribution in [0.5, 0.6) is 0 Å². The van der Waals surface area contributed by atoms with Gasteiger partial charge in [0.25, 0.3) is 11.8 Å². The second-order valence-electron chi connectivity index (χ2n) is 14.3. The number of amides is 2. The molecule has 0 spiro atoms. The minimum absolute atomic E-state index is 0.280. The van der Waals surface area contributed by atoms with Crippen LogP contribution in [0, 0.1) is 22.7 Å². The number of ether oxygens (including phenoxy) is 3. The van der Waals surface area contributed by atoms with E-state index in [9.17, 15) is 24.3 Å². The van der Waals surface area contributed by atoms with E-state index in [1.807, 2.05) is 60.7 Å². The number of rotatable bonds is 11. The van der Waals surface area contributed by atoms with Gasteiger partial charge in [-0.3, -0.25) is 28.9 Å². The standard InChI is InChI=1S/C19H27NO5.C18H25NO5/c1-18(2,3)25-17(22)19(16(21)20(4)24-6)14(12-23-5)15(19)13-10-8-7-9-11-13;1-17(2,3)24-16(22)18(15(21)19(4)23-5)13(11-20)14(18)12-9-7-6-8-10-12/h7-11,14-15H,12H2,1-6H3;6-10,13-14,20H,11H2,1-5H3. The van der Waals surface area contributed by atoms with Crippen molar-refractivity contribution in [1.82, 2.24) is 10.1 Å². The highest BCUT2D eigenvalue weighted by Crippen LogP contribution is 2.67. The molecule has 6 unspecified atom stereocenters. The zero-order valence-electron chi connectivity index (χ0n) is 30.5. The molecular weight excluding hydrogens is 632 g/mol. The molecule has 2 amide bonds. The van der Waals surface area contributed by atoms with Crippen LogP contribution in [0.1, 0.15) is 64.5 Å². The van der Waals surface area contributed by atoms with Crippen LogP contribution in [-0.2, 0) is 43.1 Å². The lowest BCUT2D eigenvalue weighted by molar-refractivity contribution is -0.187. The lowest BCUT2D eigenvalue weighted by atomic mass is 9.97. The number of aliphatic hydroxyl groups is 1. The molecule has 0 aromatic heterocycles. The number of carbonyl (C=O) groups is 4. The summed E-state index contributed by atoms with van der Waals surface area (Å²) in [7, 11) is 7.26. The van der Waals surface area contributed by atoms with Crippen molar-refractivity contribution in [3.8, 4) is 0 Å². The third-order valence-electron chi connectivity index (χ3n) is 8.90. The van der Waals surface area contributed by atoms with Gasteiger partial charge in [0.15, 0.2) is 10.8 Å². The van der Waals surface area contributed by atoms with Crippen molar-refractivity contribution in [2.45, 2.75) is 64.6 Å². The van der Waals surface area contributed by atoms with Crippen molar-refractivity contribution in [2.75, 3.05) is 48.6 Å². The third kappa shape index (κ3) is 7.98. The van der Waals surface area contributed by atoms with Crippen LogP contribution < -0.4 is 0 Å². The molecule has 2 fully saturated rings. The molecule has 12 heteroatoms. The Labute approximate surface area is 289 Å². The Morgan fingerprint density at radius 1 is 0.653 bits per heavy atom. The number of benzene rings is 2. The molecule has 49 heavy (non-hydrogen) atoms. The van der Waals surface area contributed by atoms with Gasteiger partial charge in [-0.2, -0.15) is 0 Å². The lowest BCUT2D eigenvalue weighted by Crippen LogP contribution is -2.43. The minimum Gasteiger partial charge on any atom is -0.459 e. The van der Waals surface area contributed by atoms with Crippen molar-refractivity contribution < 1.29 is 48.2 Å². The van der Waals surface area contributed by atoms with Gasteiger partial charge in [-0.05, 0) is 52.7 Å². The first kappa shape index (κ1) is 39.6. The van der Waals surface area contributed by atoms with Crippen LogP contribution in [0.3, 0.4) is 0 Å². The van der Waals surface area contributed by atoms with Crippen LogP contribution in [0.25, 0.3) is 0 Å². The summed E-state index contributed by atoms with van der Waals surface area (Å²) in [6.45, 7) is 10.6. The Morgan fingerprint density at radius 2 is 1.00 bits per heavy atom. The van der Waals surface area contributed by atoms with E-state index in [1.54, 1.807) is 48.7 Å². The van der Waals surface area contributed by atoms with Crippen LogP contribution >= 0.6 is 0 Å². The van der Waals surface area contributed by atoms with E-state index in [4.69, 9.17) is 23.9 Å². The average molecular weight is 685 g/mol.